The first kappa shape index (κ1) is 15.1. The predicted octanol–water partition coefficient (Wildman–Crippen LogP) is -1.01. The molecule has 0 unspecified atom stereocenters. The maximum absolute atomic E-state index is 11.9. The molecule has 0 spiro atoms. The minimum Gasteiger partial charge on any atom is -0.504 e. The first-order valence-corrected chi connectivity index (χ1v) is 7.32. The van der Waals surface area contributed by atoms with Crippen LogP contribution in [0.3, 0.4) is 0 Å². The average molecular weight is 319 g/mol. The number of carbonyl (C=O) groups excluding carboxylic acids is 3. The molecule has 2 aliphatic rings. The number of nitrogens with zero attached hydrogens (tertiary/aromatic N) is 1. The van der Waals surface area contributed by atoms with Crippen LogP contribution in [0.15, 0.2) is 24.3 Å². The number of phenolic OH excluding ortho intramolecular Hbond substituents is 1. The van der Waals surface area contributed by atoms with E-state index in [1.54, 1.807) is 18.2 Å². The second kappa shape index (κ2) is 6.15. The van der Waals surface area contributed by atoms with E-state index in [0.29, 0.717) is 13.0 Å². The summed E-state index contributed by atoms with van der Waals surface area (Å²) in [6.45, 7) is 0.0739. The van der Waals surface area contributed by atoms with Gasteiger partial charge in [0.05, 0.1) is 6.54 Å². The summed E-state index contributed by atoms with van der Waals surface area (Å²) < 4.78 is 5.25. The summed E-state index contributed by atoms with van der Waals surface area (Å²) in [5.74, 6) is -0.517. The summed E-state index contributed by atoms with van der Waals surface area (Å²) in [6, 6.07) is 5.56. The number of aromatic hydroxyl groups is 1. The molecule has 8 heteroatoms. The lowest BCUT2D eigenvalue weighted by Gasteiger charge is -2.28. The topological polar surface area (TPSA) is 108 Å². The molecule has 3 N–H and O–H groups in total. The highest BCUT2D eigenvalue weighted by Gasteiger charge is 2.42. The Balaban J connectivity index is 1.52. The number of fused-ring (bicyclic) bond motifs is 1. The number of para-hydroxylation sites is 2. The molecule has 3 rings (SSSR count). The fourth-order valence-corrected chi connectivity index (χ4v) is 2.84. The number of amides is 3. The van der Waals surface area contributed by atoms with Crippen molar-refractivity contribution in [1.29, 1.82) is 0 Å². The number of rotatable bonds is 4. The maximum Gasteiger partial charge on any atom is 0.258 e. The van der Waals surface area contributed by atoms with Gasteiger partial charge in [0.25, 0.3) is 5.91 Å². The number of carbonyl (C=O) groups is 3. The molecule has 8 nitrogen and oxygen atoms in total. The Bertz CT molecular complexity index is 624. The van der Waals surface area contributed by atoms with Crippen molar-refractivity contribution in [3.8, 4) is 11.5 Å². The smallest absolute Gasteiger partial charge is 0.258 e. The first-order valence-electron chi connectivity index (χ1n) is 7.32. The van der Waals surface area contributed by atoms with E-state index in [0.717, 1.165) is 0 Å². The number of phenols is 1. The summed E-state index contributed by atoms with van der Waals surface area (Å²) in [5, 5.41) is 14.8. The van der Waals surface area contributed by atoms with Crippen LogP contribution in [0.5, 0.6) is 11.5 Å². The summed E-state index contributed by atoms with van der Waals surface area (Å²) in [5.41, 5.74) is 0. The van der Waals surface area contributed by atoms with Crippen LogP contribution in [-0.2, 0) is 14.4 Å². The van der Waals surface area contributed by atoms with Crippen molar-refractivity contribution in [3.63, 3.8) is 0 Å². The molecule has 23 heavy (non-hydrogen) atoms. The van der Waals surface area contributed by atoms with Crippen molar-refractivity contribution in [2.75, 3.05) is 19.7 Å². The lowest BCUT2D eigenvalue weighted by atomic mass is 10.1. The zero-order valence-electron chi connectivity index (χ0n) is 12.3. The highest BCUT2D eigenvalue weighted by Crippen LogP contribution is 2.24. The molecule has 1 aromatic rings. The Hall–Kier alpha value is -2.77. The van der Waals surface area contributed by atoms with Crippen LogP contribution in [-0.4, -0.2) is 59.5 Å². The molecular formula is C15H17N3O5. The summed E-state index contributed by atoms with van der Waals surface area (Å²) in [4.78, 5) is 36.9. The van der Waals surface area contributed by atoms with Crippen LogP contribution < -0.4 is 15.4 Å². The molecule has 1 aromatic carbocycles. The summed E-state index contributed by atoms with van der Waals surface area (Å²) in [6.07, 6.45) is 0.389. The quantitative estimate of drug-likeness (QED) is 0.659. The SMILES string of the molecule is O=C(COc1ccccc1O)N[C@@H]1C[C@H]2C(=O)NCC(=O)N2C1. The number of hydrogen-bond acceptors (Lipinski definition) is 5. The normalized spacial score (nSPS) is 23.2. The molecule has 0 radical (unpaired) electrons. The number of benzene rings is 1. The predicted molar refractivity (Wildman–Crippen MR) is 78.7 cm³/mol. The number of nitrogens with one attached hydrogen (secondary N) is 2. The molecule has 0 aromatic heterocycles. The lowest BCUT2D eigenvalue weighted by Crippen LogP contribution is -2.55. The van der Waals surface area contributed by atoms with Gasteiger partial charge in [-0.1, -0.05) is 12.1 Å². The second-order valence-electron chi connectivity index (χ2n) is 5.54. The zero-order chi connectivity index (χ0) is 16.4. The van der Waals surface area contributed by atoms with Gasteiger partial charge >= 0.3 is 0 Å². The minimum absolute atomic E-state index is 0.00634. The highest BCUT2D eigenvalue weighted by molar-refractivity contribution is 5.95. The van der Waals surface area contributed by atoms with Gasteiger partial charge in [-0.2, -0.15) is 0 Å². The molecule has 3 amide bonds. The van der Waals surface area contributed by atoms with Gasteiger partial charge in [0.2, 0.25) is 11.8 Å². The fourth-order valence-electron chi connectivity index (χ4n) is 2.84. The van der Waals surface area contributed by atoms with Crippen molar-refractivity contribution in [2.45, 2.75) is 18.5 Å². The van der Waals surface area contributed by atoms with Gasteiger partial charge < -0.3 is 25.4 Å². The third-order valence-electron chi connectivity index (χ3n) is 3.93. The Kier molecular flexibility index (Phi) is 4.05. The van der Waals surface area contributed by atoms with Crippen molar-refractivity contribution < 1.29 is 24.2 Å². The van der Waals surface area contributed by atoms with Crippen LogP contribution in [0, 0.1) is 0 Å². The van der Waals surface area contributed by atoms with Crippen LogP contribution in [0.1, 0.15) is 6.42 Å². The molecule has 2 aliphatic heterocycles. The maximum atomic E-state index is 11.9. The first-order chi connectivity index (χ1) is 11.0. The molecule has 2 fully saturated rings. The Morgan fingerprint density at radius 3 is 2.91 bits per heavy atom. The van der Waals surface area contributed by atoms with E-state index in [2.05, 4.69) is 10.6 Å². The van der Waals surface area contributed by atoms with Crippen molar-refractivity contribution >= 4 is 17.7 Å². The highest BCUT2D eigenvalue weighted by atomic mass is 16.5. The molecule has 2 heterocycles. The van der Waals surface area contributed by atoms with Crippen molar-refractivity contribution in [2.24, 2.45) is 0 Å². The van der Waals surface area contributed by atoms with E-state index in [-0.39, 0.29) is 48.4 Å². The van der Waals surface area contributed by atoms with Crippen LogP contribution >= 0.6 is 0 Å². The largest absolute Gasteiger partial charge is 0.504 e. The molecule has 0 aliphatic carbocycles. The number of piperazine rings is 1. The minimum atomic E-state index is -0.513. The van der Waals surface area contributed by atoms with E-state index < -0.39 is 6.04 Å². The van der Waals surface area contributed by atoms with Crippen LogP contribution in [0.25, 0.3) is 0 Å². The Labute approximate surface area is 132 Å². The summed E-state index contributed by atoms with van der Waals surface area (Å²) >= 11 is 0. The lowest BCUT2D eigenvalue weighted by molar-refractivity contribution is -0.143. The fraction of sp³-hybridized carbons (Fsp3) is 0.400. The molecular weight excluding hydrogens is 302 g/mol. The Morgan fingerprint density at radius 1 is 1.39 bits per heavy atom. The second-order valence-corrected chi connectivity index (χ2v) is 5.54. The monoisotopic (exact) mass is 319 g/mol. The molecule has 0 bridgehead atoms. The van der Waals surface area contributed by atoms with Crippen molar-refractivity contribution in [1.82, 2.24) is 15.5 Å². The van der Waals surface area contributed by atoms with Gasteiger partial charge in [-0.25, -0.2) is 0 Å². The summed E-state index contributed by atoms with van der Waals surface area (Å²) in [7, 11) is 0. The third kappa shape index (κ3) is 3.20. The number of ether oxygens (including phenoxy) is 1. The van der Waals surface area contributed by atoms with Gasteiger partial charge in [-0.05, 0) is 18.6 Å². The third-order valence-corrected chi connectivity index (χ3v) is 3.93. The van der Waals surface area contributed by atoms with Gasteiger partial charge in [0.15, 0.2) is 18.1 Å². The number of hydrogen-bond donors (Lipinski definition) is 3. The van der Waals surface area contributed by atoms with Gasteiger partial charge in [-0.15, -0.1) is 0 Å². The van der Waals surface area contributed by atoms with E-state index >= 15 is 0 Å². The molecule has 0 saturated carbocycles. The van der Waals surface area contributed by atoms with Gasteiger partial charge in [-0.3, -0.25) is 14.4 Å². The molecule has 2 atom stereocenters. The van der Waals surface area contributed by atoms with Gasteiger partial charge in [0, 0.05) is 12.6 Å². The van der Waals surface area contributed by atoms with E-state index in [1.165, 1.54) is 11.0 Å². The zero-order valence-corrected chi connectivity index (χ0v) is 12.3. The average Bonchev–Trinajstić information content (AvgIpc) is 2.95. The molecule has 122 valence electrons. The standard InChI is InChI=1S/C15H17N3O5/c19-11-3-1-2-4-12(11)23-8-13(20)17-9-5-10-15(22)16-6-14(21)18(10)7-9/h1-4,9-10,19H,5-8H2,(H,16,22)(H,17,20)/t9-,10+/m1/s1. The van der Waals surface area contributed by atoms with Crippen LogP contribution in [0.4, 0.5) is 0 Å². The van der Waals surface area contributed by atoms with E-state index in [1.807, 2.05) is 0 Å². The molecule has 2 saturated heterocycles. The van der Waals surface area contributed by atoms with Gasteiger partial charge in [0.1, 0.15) is 6.04 Å². The van der Waals surface area contributed by atoms with Crippen molar-refractivity contribution in [3.05, 3.63) is 24.3 Å². The van der Waals surface area contributed by atoms with E-state index in [4.69, 9.17) is 4.74 Å². The van der Waals surface area contributed by atoms with Crippen LogP contribution in [0.2, 0.25) is 0 Å². The Morgan fingerprint density at radius 2 is 2.17 bits per heavy atom. The van der Waals surface area contributed by atoms with E-state index in [9.17, 15) is 19.5 Å².